The number of carbonyl (C=O) groups excluding carboxylic acids is 2. The molecule has 2 heterocycles. The number of amides is 1. The summed E-state index contributed by atoms with van der Waals surface area (Å²) in [6.07, 6.45) is 1.94. The molecular formula is C13H21NO3S. The zero-order valence-electron chi connectivity index (χ0n) is 11.3. The Morgan fingerprint density at radius 3 is 2.78 bits per heavy atom. The Bertz CT molecular complexity index is 364. The van der Waals surface area contributed by atoms with E-state index < -0.39 is 5.60 Å². The molecular weight excluding hydrogens is 250 g/mol. The van der Waals surface area contributed by atoms with Crippen molar-refractivity contribution in [2.45, 2.75) is 50.4 Å². The van der Waals surface area contributed by atoms with Crippen LogP contribution in [0.2, 0.25) is 0 Å². The van der Waals surface area contributed by atoms with Crippen LogP contribution in [-0.2, 0) is 9.53 Å². The predicted molar refractivity (Wildman–Crippen MR) is 71.9 cm³/mol. The van der Waals surface area contributed by atoms with Gasteiger partial charge in [-0.25, -0.2) is 4.79 Å². The highest BCUT2D eigenvalue weighted by Gasteiger charge is 2.44. The fourth-order valence-electron chi connectivity index (χ4n) is 2.47. The van der Waals surface area contributed by atoms with Crippen LogP contribution in [0.3, 0.4) is 0 Å². The van der Waals surface area contributed by atoms with Crippen molar-refractivity contribution in [2.75, 3.05) is 18.8 Å². The molecule has 4 nitrogen and oxygen atoms in total. The van der Waals surface area contributed by atoms with E-state index in [0.29, 0.717) is 31.7 Å². The van der Waals surface area contributed by atoms with E-state index in [9.17, 15) is 9.59 Å². The number of ether oxygens (including phenoxy) is 1. The lowest BCUT2D eigenvalue weighted by atomic mass is 9.99. The summed E-state index contributed by atoms with van der Waals surface area (Å²) in [6, 6.07) is 0. The van der Waals surface area contributed by atoms with Gasteiger partial charge in [-0.15, -0.1) is 0 Å². The molecule has 0 aliphatic carbocycles. The number of Topliss-reactive ketones (excluding diaryl/α,β-unsaturated/α-hetero) is 1. The third kappa shape index (κ3) is 3.19. The topological polar surface area (TPSA) is 46.6 Å². The van der Waals surface area contributed by atoms with Crippen LogP contribution < -0.4 is 0 Å². The van der Waals surface area contributed by atoms with E-state index in [2.05, 4.69) is 0 Å². The number of thioether (sulfide) groups is 1. The van der Waals surface area contributed by atoms with Crippen molar-refractivity contribution in [1.29, 1.82) is 0 Å². The molecule has 1 spiro atoms. The SMILES string of the molecule is CC(C)(C)OC(=O)N1CCC2(CC(=O)CCS2)C1. The molecule has 102 valence electrons. The van der Waals surface area contributed by atoms with E-state index in [0.717, 1.165) is 12.2 Å². The van der Waals surface area contributed by atoms with Gasteiger partial charge in [0.15, 0.2) is 0 Å². The number of likely N-dealkylation sites (tertiary alicyclic amines) is 1. The Hall–Kier alpha value is -0.710. The van der Waals surface area contributed by atoms with Crippen molar-refractivity contribution in [3.63, 3.8) is 0 Å². The summed E-state index contributed by atoms with van der Waals surface area (Å²) in [5.74, 6) is 1.22. The third-order valence-corrected chi connectivity index (χ3v) is 4.77. The standard InChI is InChI=1S/C13H21NO3S/c1-12(2,3)17-11(16)14-6-5-13(9-14)8-10(15)4-7-18-13/h4-9H2,1-3H3. The summed E-state index contributed by atoms with van der Waals surface area (Å²) < 4.78 is 5.34. The zero-order chi connectivity index (χ0) is 13.4. The van der Waals surface area contributed by atoms with E-state index in [4.69, 9.17) is 4.74 Å². The Balaban J connectivity index is 1.95. The van der Waals surface area contributed by atoms with Crippen LogP contribution >= 0.6 is 11.8 Å². The Kier molecular flexibility index (Phi) is 3.63. The van der Waals surface area contributed by atoms with Gasteiger partial charge < -0.3 is 9.64 Å². The quantitative estimate of drug-likeness (QED) is 0.679. The lowest BCUT2D eigenvalue weighted by Crippen LogP contribution is -2.40. The van der Waals surface area contributed by atoms with Gasteiger partial charge in [0.2, 0.25) is 0 Å². The van der Waals surface area contributed by atoms with Crippen molar-refractivity contribution in [3.8, 4) is 0 Å². The highest BCUT2D eigenvalue weighted by molar-refractivity contribution is 8.00. The number of carbonyl (C=O) groups is 2. The predicted octanol–water partition coefficient (Wildman–Crippen LogP) is 2.46. The van der Waals surface area contributed by atoms with Gasteiger partial charge in [-0.1, -0.05) is 0 Å². The fourth-order valence-corrected chi connectivity index (χ4v) is 3.98. The smallest absolute Gasteiger partial charge is 0.410 e. The molecule has 2 rings (SSSR count). The van der Waals surface area contributed by atoms with Gasteiger partial charge in [-0.3, -0.25) is 4.79 Å². The number of rotatable bonds is 0. The molecule has 1 unspecified atom stereocenters. The second-order valence-electron chi connectivity index (χ2n) is 6.15. The molecule has 0 aromatic carbocycles. The van der Waals surface area contributed by atoms with Crippen molar-refractivity contribution in [2.24, 2.45) is 0 Å². The second kappa shape index (κ2) is 4.76. The minimum absolute atomic E-state index is 0.0355. The minimum atomic E-state index is -0.456. The fraction of sp³-hybridized carbons (Fsp3) is 0.846. The molecule has 0 saturated carbocycles. The minimum Gasteiger partial charge on any atom is -0.444 e. The van der Waals surface area contributed by atoms with Gasteiger partial charge >= 0.3 is 6.09 Å². The molecule has 1 amide bonds. The average Bonchev–Trinajstić information content (AvgIpc) is 2.59. The second-order valence-corrected chi connectivity index (χ2v) is 7.71. The largest absolute Gasteiger partial charge is 0.444 e. The maximum Gasteiger partial charge on any atom is 0.410 e. The van der Waals surface area contributed by atoms with E-state index in [1.54, 1.807) is 4.90 Å². The molecule has 0 radical (unpaired) electrons. The lowest BCUT2D eigenvalue weighted by molar-refractivity contribution is -0.119. The average molecular weight is 271 g/mol. The van der Waals surface area contributed by atoms with E-state index in [-0.39, 0.29) is 10.8 Å². The summed E-state index contributed by atoms with van der Waals surface area (Å²) in [5, 5.41) is 0. The van der Waals surface area contributed by atoms with Gasteiger partial charge in [0.05, 0.1) is 0 Å². The molecule has 0 bridgehead atoms. The normalized spacial score (nSPS) is 28.8. The van der Waals surface area contributed by atoms with Crippen LogP contribution in [0.15, 0.2) is 0 Å². The molecule has 5 heteroatoms. The monoisotopic (exact) mass is 271 g/mol. The number of hydrogen-bond donors (Lipinski definition) is 0. The molecule has 2 aliphatic heterocycles. The van der Waals surface area contributed by atoms with Gasteiger partial charge in [0.25, 0.3) is 0 Å². The van der Waals surface area contributed by atoms with Gasteiger partial charge in [0.1, 0.15) is 11.4 Å². The van der Waals surface area contributed by atoms with Gasteiger partial charge in [-0.2, -0.15) is 11.8 Å². The zero-order valence-corrected chi connectivity index (χ0v) is 12.1. The van der Waals surface area contributed by atoms with Crippen LogP contribution in [-0.4, -0.2) is 46.0 Å². The van der Waals surface area contributed by atoms with Crippen molar-refractivity contribution >= 4 is 23.6 Å². The van der Waals surface area contributed by atoms with Crippen LogP contribution in [0.4, 0.5) is 4.79 Å². The van der Waals surface area contributed by atoms with Crippen molar-refractivity contribution in [1.82, 2.24) is 4.90 Å². The molecule has 2 fully saturated rings. The van der Waals surface area contributed by atoms with Crippen molar-refractivity contribution in [3.05, 3.63) is 0 Å². The highest BCUT2D eigenvalue weighted by Crippen LogP contribution is 2.42. The molecule has 0 aromatic rings. The summed E-state index contributed by atoms with van der Waals surface area (Å²) in [6.45, 7) is 6.97. The van der Waals surface area contributed by atoms with Crippen LogP contribution in [0, 0.1) is 0 Å². The van der Waals surface area contributed by atoms with Crippen LogP contribution in [0.25, 0.3) is 0 Å². The van der Waals surface area contributed by atoms with E-state index >= 15 is 0 Å². The van der Waals surface area contributed by atoms with E-state index in [1.807, 2.05) is 32.5 Å². The van der Waals surface area contributed by atoms with Gasteiger partial charge in [0, 0.05) is 36.4 Å². The number of nitrogens with zero attached hydrogens (tertiary/aromatic N) is 1. The first kappa shape index (κ1) is 13.7. The summed E-state index contributed by atoms with van der Waals surface area (Å²) >= 11 is 1.85. The lowest BCUT2D eigenvalue weighted by Gasteiger charge is -2.32. The summed E-state index contributed by atoms with van der Waals surface area (Å²) in [7, 11) is 0. The molecule has 18 heavy (non-hydrogen) atoms. The maximum atomic E-state index is 12.0. The first-order valence-corrected chi connectivity index (χ1v) is 7.42. The molecule has 2 saturated heterocycles. The van der Waals surface area contributed by atoms with Crippen molar-refractivity contribution < 1.29 is 14.3 Å². The molecule has 2 aliphatic rings. The third-order valence-electron chi connectivity index (χ3n) is 3.28. The van der Waals surface area contributed by atoms with Crippen LogP contribution in [0.5, 0.6) is 0 Å². The molecule has 0 N–H and O–H groups in total. The Morgan fingerprint density at radius 1 is 1.44 bits per heavy atom. The Morgan fingerprint density at radius 2 is 2.17 bits per heavy atom. The summed E-state index contributed by atoms with van der Waals surface area (Å²) in [4.78, 5) is 25.3. The molecule has 1 atom stereocenters. The van der Waals surface area contributed by atoms with Gasteiger partial charge in [-0.05, 0) is 27.2 Å². The maximum absolute atomic E-state index is 12.0. The molecule has 0 aromatic heterocycles. The Labute approximate surface area is 112 Å². The number of ketones is 1. The first-order chi connectivity index (χ1) is 8.30. The highest BCUT2D eigenvalue weighted by atomic mass is 32.2. The van der Waals surface area contributed by atoms with E-state index in [1.165, 1.54) is 0 Å². The number of hydrogen-bond acceptors (Lipinski definition) is 4. The summed E-state index contributed by atoms with van der Waals surface area (Å²) in [5.41, 5.74) is -0.456. The van der Waals surface area contributed by atoms with Crippen LogP contribution in [0.1, 0.15) is 40.0 Å². The first-order valence-electron chi connectivity index (χ1n) is 6.43.